The predicted molar refractivity (Wildman–Crippen MR) is 128 cm³/mol. The van der Waals surface area contributed by atoms with Crippen LogP contribution in [0.3, 0.4) is 0 Å². The van der Waals surface area contributed by atoms with Crippen molar-refractivity contribution < 1.29 is 14.0 Å². The Kier molecular flexibility index (Phi) is 6.53. The number of hydrogen-bond donors (Lipinski definition) is 0. The molecule has 1 saturated heterocycles. The van der Waals surface area contributed by atoms with E-state index in [1.165, 1.54) is 5.56 Å². The molecule has 0 spiro atoms. The number of thiocarbonyl (C=S) groups is 1. The predicted octanol–water partition coefficient (Wildman–Crippen LogP) is 5.74. The topological polar surface area (TPSA) is 38.8 Å². The molecule has 1 aromatic rings. The zero-order chi connectivity index (χ0) is 22.3. The summed E-state index contributed by atoms with van der Waals surface area (Å²) >= 11 is 6.02. The van der Waals surface area contributed by atoms with E-state index < -0.39 is 13.7 Å². The monoisotopic (exact) mass is 447 g/mol. The van der Waals surface area contributed by atoms with Crippen LogP contribution in [0.25, 0.3) is 0 Å². The van der Waals surface area contributed by atoms with Crippen LogP contribution in [0, 0.1) is 11.3 Å². The summed E-state index contributed by atoms with van der Waals surface area (Å²) in [7, 11) is -2.07. The van der Waals surface area contributed by atoms with Crippen LogP contribution >= 0.6 is 12.2 Å². The van der Waals surface area contributed by atoms with E-state index in [0.29, 0.717) is 6.61 Å². The number of ether oxygens (including phenoxy) is 1. The molecule has 1 aliphatic carbocycles. The van der Waals surface area contributed by atoms with E-state index >= 15 is 0 Å². The van der Waals surface area contributed by atoms with E-state index in [4.69, 9.17) is 21.4 Å². The van der Waals surface area contributed by atoms with E-state index in [2.05, 4.69) is 70.0 Å². The van der Waals surface area contributed by atoms with Gasteiger partial charge in [0.25, 0.3) is 0 Å². The standard InChI is InChI=1S/C24H37NO3SSi/c1-8-27-22(26)24(14-15-24)19-16-25(17(2)18-12-10-9-11-13-18)21(29)20(19)28-30(6,7)23(3,4)5/h9-13,17,19-20H,8,14-16H2,1-7H3/t17-,19-,20+/m0/s1. The fourth-order valence-corrected chi connectivity index (χ4v) is 6.02. The molecule has 166 valence electrons. The smallest absolute Gasteiger partial charge is 0.312 e. The van der Waals surface area contributed by atoms with Crippen LogP contribution in [-0.4, -0.2) is 43.4 Å². The fraction of sp³-hybridized carbons (Fsp3) is 0.667. The molecular formula is C24H37NO3SSi. The molecule has 1 saturated carbocycles. The second-order valence-electron chi connectivity index (χ2n) is 10.4. The van der Waals surface area contributed by atoms with Crippen molar-refractivity contribution in [3.05, 3.63) is 35.9 Å². The van der Waals surface area contributed by atoms with E-state index in [0.717, 1.165) is 24.4 Å². The lowest BCUT2D eigenvalue weighted by Crippen LogP contribution is -2.49. The molecular weight excluding hydrogens is 410 g/mol. The van der Waals surface area contributed by atoms with Crippen LogP contribution in [-0.2, 0) is 14.0 Å². The van der Waals surface area contributed by atoms with Crippen LogP contribution in [0.15, 0.2) is 30.3 Å². The molecule has 1 aromatic carbocycles. The Bertz CT molecular complexity index is 785. The Balaban J connectivity index is 1.94. The number of likely N-dealkylation sites (tertiary alicyclic amines) is 1. The van der Waals surface area contributed by atoms with Crippen molar-refractivity contribution in [3.8, 4) is 0 Å². The normalized spacial score (nSPS) is 24.6. The van der Waals surface area contributed by atoms with Crippen LogP contribution in [0.2, 0.25) is 18.1 Å². The van der Waals surface area contributed by atoms with Crippen LogP contribution in [0.4, 0.5) is 0 Å². The second kappa shape index (κ2) is 8.36. The van der Waals surface area contributed by atoms with E-state index in [1.54, 1.807) is 0 Å². The van der Waals surface area contributed by atoms with Gasteiger partial charge in [0.1, 0.15) is 11.1 Å². The van der Waals surface area contributed by atoms with E-state index in [1.807, 2.05) is 13.0 Å². The lowest BCUT2D eigenvalue weighted by molar-refractivity contribution is -0.153. The molecule has 0 N–H and O–H groups in total. The van der Waals surface area contributed by atoms with Gasteiger partial charge in [-0.15, -0.1) is 0 Å². The third-order valence-corrected chi connectivity index (χ3v) is 12.4. The molecule has 30 heavy (non-hydrogen) atoms. The molecule has 0 amide bonds. The average Bonchev–Trinajstić information content (AvgIpc) is 3.42. The summed E-state index contributed by atoms with van der Waals surface area (Å²) in [5, 5.41) is 0.0757. The molecule has 3 rings (SSSR count). The van der Waals surface area contributed by atoms with Gasteiger partial charge in [0.2, 0.25) is 0 Å². The van der Waals surface area contributed by atoms with Gasteiger partial charge in [-0.05, 0) is 50.4 Å². The van der Waals surface area contributed by atoms with Crippen molar-refractivity contribution in [1.29, 1.82) is 0 Å². The second-order valence-corrected chi connectivity index (χ2v) is 15.5. The molecule has 4 nitrogen and oxygen atoms in total. The van der Waals surface area contributed by atoms with Gasteiger partial charge in [0.05, 0.1) is 18.1 Å². The number of carbonyl (C=O) groups excluding carboxylic acids is 1. The van der Waals surface area contributed by atoms with Crippen molar-refractivity contribution in [3.63, 3.8) is 0 Å². The lowest BCUT2D eigenvalue weighted by Gasteiger charge is -2.40. The molecule has 0 aromatic heterocycles. The summed E-state index contributed by atoms with van der Waals surface area (Å²) < 4.78 is 12.4. The number of nitrogens with zero attached hydrogens (tertiary/aromatic N) is 1. The van der Waals surface area contributed by atoms with Crippen molar-refractivity contribution >= 4 is 31.5 Å². The SMILES string of the molecule is CCOC(=O)C1([C@H]2CN([C@@H](C)c3ccccc3)C(=S)[C@@H]2O[Si](C)(C)C(C)(C)C)CC1. The first-order valence-corrected chi connectivity index (χ1v) is 14.5. The number of rotatable bonds is 7. The third-order valence-electron chi connectivity index (χ3n) is 7.44. The van der Waals surface area contributed by atoms with Gasteiger partial charge in [-0.3, -0.25) is 4.79 Å². The highest BCUT2D eigenvalue weighted by atomic mass is 32.1. The molecule has 3 atom stereocenters. The zero-order valence-corrected chi connectivity index (χ0v) is 21.3. The maximum atomic E-state index is 12.9. The molecule has 0 radical (unpaired) electrons. The third kappa shape index (κ3) is 4.23. The molecule has 0 unspecified atom stereocenters. The largest absolute Gasteiger partial charge is 0.466 e. The Labute approximate surface area is 188 Å². The molecule has 1 heterocycles. The van der Waals surface area contributed by atoms with Crippen molar-refractivity contribution in [1.82, 2.24) is 4.90 Å². The Morgan fingerprint density at radius 2 is 1.87 bits per heavy atom. The van der Waals surface area contributed by atoms with Crippen LogP contribution in [0.5, 0.6) is 0 Å². The van der Waals surface area contributed by atoms with Gasteiger partial charge < -0.3 is 14.1 Å². The van der Waals surface area contributed by atoms with Gasteiger partial charge >= 0.3 is 5.97 Å². The van der Waals surface area contributed by atoms with E-state index in [9.17, 15) is 4.79 Å². The highest BCUT2D eigenvalue weighted by Gasteiger charge is 2.63. The highest BCUT2D eigenvalue weighted by Crippen LogP contribution is 2.58. The first kappa shape index (κ1) is 23.4. The molecule has 2 aliphatic rings. The number of benzene rings is 1. The number of hydrogen-bond acceptors (Lipinski definition) is 4. The summed E-state index contributed by atoms with van der Waals surface area (Å²) in [5.74, 6) is -0.0276. The highest BCUT2D eigenvalue weighted by molar-refractivity contribution is 7.80. The van der Waals surface area contributed by atoms with Gasteiger partial charge in [0, 0.05) is 12.5 Å². The van der Waals surface area contributed by atoms with Gasteiger partial charge in [-0.25, -0.2) is 0 Å². The minimum Gasteiger partial charge on any atom is -0.466 e. The number of esters is 1. The maximum absolute atomic E-state index is 12.9. The zero-order valence-electron chi connectivity index (χ0n) is 19.5. The molecule has 6 heteroatoms. The molecule has 1 aliphatic heterocycles. The molecule has 0 bridgehead atoms. The Hall–Kier alpha value is -1.24. The Morgan fingerprint density at radius 1 is 1.27 bits per heavy atom. The minimum absolute atomic E-state index is 0.0457. The summed E-state index contributed by atoms with van der Waals surface area (Å²) in [5.41, 5.74) is 0.783. The van der Waals surface area contributed by atoms with Crippen molar-refractivity contribution in [2.75, 3.05) is 13.2 Å². The first-order chi connectivity index (χ1) is 13.9. The van der Waals surface area contributed by atoms with Crippen LogP contribution in [0.1, 0.15) is 59.1 Å². The summed E-state index contributed by atoms with van der Waals surface area (Å²) in [6, 6.07) is 10.6. The van der Waals surface area contributed by atoms with Gasteiger partial charge in [0.15, 0.2) is 8.32 Å². The average molecular weight is 448 g/mol. The van der Waals surface area contributed by atoms with Gasteiger partial charge in [-0.1, -0.05) is 63.3 Å². The van der Waals surface area contributed by atoms with Crippen molar-refractivity contribution in [2.45, 2.75) is 77.7 Å². The summed E-state index contributed by atoms with van der Waals surface area (Å²) in [6.07, 6.45) is 1.52. The summed E-state index contributed by atoms with van der Waals surface area (Å²) in [6.45, 7) is 16.5. The van der Waals surface area contributed by atoms with Crippen molar-refractivity contribution in [2.24, 2.45) is 11.3 Å². The lowest BCUT2D eigenvalue weighted by atomic mass is 9.86. The summed E-state index contributed by atoms with van der Waals surface area (Å²) in [4.78, 5) is 16.1. The van der Waals surface area contributed by atoms with Gasteiger partial charge in [-0.2, -0.15) is 0 Å². The Morgan fingerprint density at radius 3 is 2.37 bits per heavy atom. The fourth-order valence-electron chi connectivity index (χ4n) is 4.22. The quantitative estimate of drug-likeness (QED) is 0.303. The number of carbonyl (C=O) groups is 1. The molecule has 2 fully saturated rings. The van der Waals surface area contributed by atoms with E-state index in [-0.39, 0.29) is 29.1 Å². The maximum Gasteiger partial charge on any atom is 0.312 e. The first-order valence-electron chi connectivity index (χ1n) is 11.1. The van der Waals surface area contributed by atoms with Crippen LogP contribution < -0.4 is 0 Å². The minimum atomic E-state index is -2.07.